The van der Waals surface area contributed by atoms with Crippen LogP contribution in [0.2, 0.25) is 0 Å². The molecule has 0 radical (unpaired) electrons. The molecular weight excluding hydrogens is 595 g/mol. The summed E-state index contributed by atoms with van der Waals surface area (Å²) >= 11 is 2.02. The standard InChI is InChI=1S/C18H15F4IO9S/c19-17(20,18(21,22)33(26,27)28)3-4-29-14(24)10-6-13-16(7-12(10)30-13)31-11-2-1-8(23)5-9(11)15(25)32-16/h1-2,5,10,12-13H,3-4,6-7H2,(H,26,27,28). The van der Waals surface area contributed by atoms with Crippen molar-refractivity contribution in [3.63, 3.8) is 0 Å². The van der Waals surface area contributed by atoms with Crippen LogP contribution in [-0.4, -0.2) is 60.7 Å². The maximum Gasteiger partial charge on any atom is 0.431 e. The number of ether oxygens (including phenoxy) is 4. The molecule has 0 amide bonds. The van der Waals surface area contributed by atoms with Gasteiger partial charge in [-0.2, -0.15) is 26.0 Å². The maximum absolute atomic E-state index is 13.5. The molecule has 1 aromatic carbocycles. The lowest BCUT2D eigenvalue weighted by atomic mass is 9.84. The number of halogens is 5. The van der Waals surface area contributed by atoms with Gasteiger partial charge in [-0.1, -0.05) is 0 Å². The summed E-state index contributed by atoms with van der Waals surface area (Å²) in [5.74, 6) is -8.98. The van der Waals surface area contributed by atoms with Crippen molar-refractivity contribution >= 4 is 44.6 Å². The lowest BCUT2D eigenvalue weighted by Crippen LogP contribution is -2.53. The summed E-state index contributed by atoms with van der Waals surface area (Å²) in [5, 5.41) is -5.75. The van der Waals surface area contributed by atoms with E-state index in [4.69, 9.17) is 18.8 Å². The molecule has 4 atom stereocenters. The predicted octanol–water partition coefficient (Wildman–Crippen LogP) is 2.76. The number of carbonyl (C=O) groups excluding carboxylic acids is 2. The van der Waals surface area contributed by atoms with Gasteiger partial charge in [-0.05, 0) is 47.2 Å². The zero-order valence-corrected chi connectivity index (χ0v) is 19.3. The molecule has 3 heterocycles. The molecule has 0 aliphatic carbocycles. The number of benzene rings is 1. The van der Waals surface area contributed by atoms with Gasteiger partial charge in [-0.15, -0.1) is 0 Å². The number of hydrogen-bond donors (Lipinski definition) is 1. The average Bonchev–Trinajstić information content (AvgIpc) is 3.25. The molecule has 1 spiro atoms. The summed E-state index contributed by atoms with van der Waals surface area (Å²) in [4.78, 5) is 24.7. The Kier molecular flexibility index (Phi) is 5.85. The van der Waals surface area contributed by atoms with Crippen molar-refractivity contribution in [1.82, 2.24) is 0 Å². The van der Waals surface area contributed by atoms with Gasteiger partial charge in [0.25, 0.3) is 5.79 Å². The first-order valence-electron chi connectivity index (χ1n) is 9.43. The van der Waals surface area contributed by atoms with E-state index in [-0.39, 0.29) is 24.2 Å². The Hall–Kier alpha value is -1.72. The van der Waals surface area contributed by atoms with Gasteiger partial charge in [-0.25, -0.2) is 4.79 Å². The summed E-state index contributed by atoms with van der Waals surface area (Å²) in [6, 6.07) is 4.90. The maximum atomic E-state index is 13.5. The van der Waals surface area contributed by atoms with Gasteiger partial charge in [0, 0.05) is 3.57 Å². The van der Waals surface area contributed by atoms with E-state index in [9.17, 15) is 35.6 Å². The van der Waals surface area contributed by atoms with E-state index in [0.717, 1.165) is 3.57 Å². The topological polar surface area (TPSA) is 125 Å². The van der Waals surface area contributed by atoms with E-state index >= 15 is 0 Å². The van der Waals surface area contributed by atoms with Crippen LogP contribution in [0, 0.1) is 9.49 Å². The molecule has 9 nitrogen and oxygen atoms in total. The van der Waals surface area contributed by atoms with E-state index in [0.29, 0.717) is 0 Å². The SMILES string of the molecule is O=C1OC2(CC3OC2CC3C(=O)OCCC(F)(F)C(F)(F)S(=O)(=O)O)Oc2ccc(I)cc21. The van der Waals surface area contributed by atoms with E-state index in [2.05, 4.69) is 4.74 Å². The Labute approximate surface area is 197 Å². The van der Waals surface area contributed by atoms with Gasteiger partial charge < -0.3 is 18.9 Å². The molecule has 33 heavy (non-hydrogen) atoms. The summed E-state index contributed by atoms with van der Waals surface area (Å²) in [5.41, 5.74) is 0.230. The highest BCUT2D eigenvalue weighted by atomic mass is 127. The molecule has 2 fully saturated rings. The minimum Gasteiger partial charge on any atom is -0.465 e. The number of hydrogen-bond acceptors (Lipinski definition) is 8. The van der Waals surface area contributed by atoms with Crippen LogP contribution >= 0.6 is 22.6 Å². The highest BCUT2D eigenvalue weighted by Gasteiger charge is 2.66. The fourth-order valence-corrected chi connectivity index (χ4v) is 4.95. The molecule has 2 bridgehead atoms. The Bertz CT molecular complexity index is 1110. The zero-order chi connectivity index (χ0) is 24.4. The van der Waals surface area contributed by atoms with Crippen LogP contribution in [0.1, 0.15) is 29.6 Å². The molecule has 1 N–H and O–H groups in total. The second-order valence-electron chi connectivity index (χ2n) is 7.77. The second kappa shape index (κ2) is 7.91. The van der Waals surface area contributed by atoms with Crippen LogP contribution in [-0.2, 0) is 29.1 Å². The largest absolute Gasteiger partial charge is 0.465 e. The van der Waals surface area contributed by atoms with Gasteiger partial charge in [0.05, 0.1) is 31.5 Å². The van der Waals surface area contributed by atoms with Crippen molar-refractivity contribution in [2.24, 2.45) is 5.92 Å². The lowest BCUT2D eigenvalue weighted by molar-refractivity contribution is -0.187. The van der Waals surface area contributed by atoms with E-state index in [1.165, 1.54) is 0 Å². The summed E-state index contributed by atoms with van der Waals surface area (Å²) in [6.07, 6.45) is -3.64. The number of fused-ring (bicyclic) bond motifs is 4. The van der Waals surface area contributed by atoms with E-state index in [1.807, 2.05) is 22.6 Å². The van der Waals surface area contributed by atoms with Crippen LogP contribution in [0.3, 0.4) is 0 Å². The smallest absolute Gasteiger partial charge is 0.431 e. The highest BCUT2D eigenvalue weighted by Crippen LogP contribution is 2.51. The molecule has 0 saturated carbocycles. The third kappa shape index (κ3) is 4.05. The fourth-order valence-electron chi connectivity index (χ4n) is 3.98. The molecule has 0 aromatic heterocycles. The highest BCUT2D eigenvalue weighted by molar-refractivity contribution is 14.1. The number of esters is 2. The van der Waals surface area contributed by atoms with E-state index < -0.39 is 70.2 Å². The van der Waals surface area contributed by atoms with Crippen molar-refractivity contribution < 1.29 is 59.1 Å². The number of rotatable bonds is 6. The van der Waals surface area contributed by atoms with Crippen LogP contribution in [0.4, 0.5) is 17.6 Å². The Balaban J connectivity index is 1.36. The van der Waals surface area contributed by atoms with Crippen LogP contribution < -0.4 is 4.74 Å². The lowest BCUT2D eigenvalue weighted by Gasteiger charge is -2.39. The molecule has 2 saturated heterocycles. The van der Waals surface area contributed by atoms with Gasteiger partial charge in [0.2, 0.25) is 0 Å². The molecule has 4 unspecified atom stereocenters. The Morgan fingerprint density at radius 3 is 2.58 bits per heavy atom. The van der Waals surface area contributed by atoms with Crippen molar-refractivity contribution in [3.05, 3.63) is 27.3 Å². The van der Waals surface area contributed by atoms with Crippen LogP contribution in [0.5, 0.6) is 5.75 Å². The normalized spacial score (nSPS) is 28.9. The van der Waals surface area contributed by atoms with Crippen molar-refractivity contribution in [2.45, 2.75) is 48.4 Å². The van der Waals surface area contributed by atoms with Crippen LogP contribution in [0.15, 0.2) is 18.2 Å². The van der Waals surface area contributed by atoms with E-state index in [1.54, 1.807) is 18.2 Å². The van der Waals surface area contributed by atoms with Gasteiger partial charge in [0.15, 0.2) is 0 Å². The zero-order valence-electron chi connectivity index (χ0n) is 16.3. The van der Waals surface area contributed by atoms with Crippen molar-refractivity contribution in [3.8, 4) is 5.75 Å². The first-order chi connectivity index (χ1) is 15.2. The summed E-state index contributed by atoms with van der Waals surface area (Å²) in [6.45, 7) is -1.23. The minimum atomic E-state index is -6.38. The molecule has 3 aliphatic heterocycles. The van der Waals surface area contributed by atoms with Gasteiger partial charge >= 0.3 is 33.2 Å². The summed E-state index contributed by atoms with van der Waals surface area (Å²) in [7, 11) is -6.38. The second-order valence-corrected chi connectivity index (χ2v) is 10.5. The Morgan fingerprint density at radius 1 is 1.27 bits per heavy atom. The first kappa shape index (κ1) is 24.4. The predicted molar refractivity (Wildman–Crippen MR) is 106 cm³/mol. The number of carbonyl (C=O) groups is 2. The third-order valence-corrected chi connectivity index (χ3v) is 7.27. The fraction of sp³-hybridized carbons (Fsp3) is 0.556. The van der Waals surface area contributed by atoms with Crippen LogP contribution in [0.25, 0.3) is 0 Å². The van der Waals surface area contributed by atoms with Crippen molar-refractivity contribution in [1.29, 1.82) is 0 Å². The molecule has 4 rings (SSSR count). The van der Waals surface area contributed by atoms with Gasteiger partial charge in [-0.3, -0.25) is 9.35 Å². The Morgan fingerprint density at radius 2 is 1.97 bits per heavy atom. The quantitative estimate of drug-likeness (QED) is 0.224. The molecule has 3 aliphatic rings. The number of alkyl halides is 4. The first-order valence-corrected chi connectivity index (χ1v) is 12.0. The third-order valence-electron chi connectivity index (χ3n) is 5.65. The average molecular weight is 610 g/mol. The summed E-state index contributed by atoms with van der Waals surface area (Å²) < 4.78 is 105. The van der Waals surface area contributed by atoms with Gasteiger partial charge in [0.1, 0.15) is 17.4 Å². The monoisotopic (exact) mass is 610 g/mol. The molecule has 1 aromatic rings. The molecule has 15 heteroatoms. The molecular formula is C18H15F4IO9S. The molecule has 182 valence electrons. The minimum absolute atomic E-state index is 0.0476. The van der Waals surface area contributed by atoms with Crippen molar-refractivity contribution in [2.75, 3.05) is 6.61 Å².